The first-order valence-electron chi connectivity index (χ1n) is 4.07. The van der Waals surface area contributed by atoms with Gasteiger partial charge in [-0.15, -0.1) is 0 Å². The van der Waals surface area contributed by atoms with Gasteiger partial charge in [0.15, 0.2) is 0 Å². The topological polar surface area (TPSA) is 72.5 Å². The van der Waals surface area contributed by atoms with E-state index in [0.717, 1.165) is 0 Å². The maximum Gasteiger partial charge on any atom is 0.324 e. The molecule has 1 rings (SSSR count). The van der Waals surface area contributed by atoms with Crippen molar-refractivity contribution in [3.05, 3.63) is 28.2 Å². The van der Waals surface area contributed by atoms with E-state index in [0.29, 0.717) is 15.8 Å². The Morgan fingerprint density at radius 1 is 1.53 bits per heavy atom. The molecule has 0 saturated heterocycles. The molecule has 0 aliphatic rings. The molecule has 0 heterocycles. The number of rotatable bonds is 4. The minimum absolute atomic E-state index is 0.157. The molecule has 0 amide bonds. The fraction of sp³-hybridized carbons (Fsp3) is 0.222. The molecule has 0 aromatic heterocycles. The Bertz CT molecular complexity index is 370. The third kappa shape index (κ3) is 3.58. The van der Waals surface area contributed by atoms with Gasteiger partial charge in [-0.1, -0.05) is 23.2 Å². The second-order valence-corrected chi connectivity index (χ2v) is 3.67. The predicted molar refractivity (Wildman–Crippen MR) is 57.6 cm³/mol. The first-order valence-corrected chi connectivity index (χ1v) is 4.82. The lowest BCUT2D eigenvalue weighted by atomic mass is 10.3. The van der Waals surface area contributed by atoms with E-state index in [1.54, 1.807) is 12.1 Å². The number of hydrogen-bond acceptors (Lipinski definition) is 3. The molecular weight excluding hydrogens is 241 g/mol. The molecule has 0 spiro atoms. The number of halogens is 2. The minimum Gasteiger partial charge on any atom is -0.490 e. The largest absolute Gasteiger partial charge is 0.490 e. The quantitative estimate of drug-likeness (QED) is 0.854. The highest BCUT2D eigenvalue weighted by molar-refractivity contribution is 6.34. The molecular formula is C9H9Cl2NO3. The van der Waals surface area contributed by atoms with Gasteiger partial charge in [0.25, 0.3) is 0 Å². The van der Waals surface area contributed by atoms with Crippen LogP contribution in [-0.2, 0) is 4.79 Å². The van der Waals surface area contributed by atoms with Gasteiger partial charge in [-0.3, -0.25) is 4.79 Å². The summed E-state index contributed by atoms with van der Waals surface area (Å²) in [5.41, 5.74) is 5.25. The van der Waals surface area contributed by atoms with Crippen molar-refractivity contribution in [1.82, 2.24) is 0 Å². The molecule has 1 aromatic rings. The van der Waals surface area contributed by atoms with Crippen molar-refractivity contribution in [1.29, 1.82) is 0 Å². The zero-order valence-corrected chi connectivity index (χ0v) is 9.13. The van der Waals surface area contributed by atoms with Crippen LogP contribution < -0.4 is 10.5 Å². The van der Waals surface area contributed by atoms with Crippen LogP contribution in [0.2, 0.25) is 10.0 Å². The molecule has 0 saturated carbocycles. The molecule has 1 atom stereocenters. The maximum absolute atomic E-state index is 10.4. The molecule has 0 aliphatic heterocycles. The third-order valence-electron chi connectivity index (χ3n) is 1.63. The van der Waals surface area contributed by atoms with E-state index in [1.807, 2.05) is 0 Å². The van der Waals surface area contributed by atoms with E-state index >= 15 is 0 Å². The first kappa shape index (κ1) is 12.1. The highest BCUT2D eigenvalue weighted by atomic mass is 35.5. The number of carboxylic acids is 1. The van der Waals surface area contributed by atoms with Gasteiger partial charge in [0, 0.05) is 11.1 Å². The number of carbonyl (C=O) groups is 1. The molecule has 6 heteroatoms. The lowest BCUT2D eigenvalue weighted by molar-refractivity contribution is -0.139. The Balaban J connectivity index is 2.65. The summed E-state index contributed by atoms with van der Waals surface area (Å²) in [6, 6.07) is 3.58. The van der Waals surface area contributed by atoms with E-state index < -0.39 is 12.0 Å². The van der Waals surface area contributed by atoms with Crippen LogP contribution in [0.15, 0.2) is 18.2 Å². The van der Waals surface area contributed by atoms with Crippen LogP contribution in [0.1, 0.15) is 0 Å². The summed E-state index contributed by atoms with van der Waals surface area (Å²) in [5.74, 6) is -0.811. The van der Waals surface area contributed by atoms with Gasteiger partial charge in [-0.05, 0) is 12.1 Å². The molecule has 1 aromatic carbocycles. The van der Waals surface area contributed by atoms with E-state index in [4.69, 9.17) is 38.8 Å². The van der Waals surface area contributed by atoms with E-state index in [2.05, 4.69) is 0 Å². The van der Waals surface area contributed by atoms with Gasteiger partial charge < -0.3 is 15.6 Å². The maximum atomic E-state index is 10.4. The Morgan fingerprint density at radius 2 is 2.20 bits per heavy atom. The Hall–Kier alpha value is -0.970. The van der Waals surface area contributed by atoms with E-state index in [1.165, 1.54) is 6.07 Å². The van der Waals surface area contributed by atoms with Crippen molar-refractivity contribution < 1.29 is 14.6 Å². The number of nitrogens with two attached hydrogens (primary N) is 1. The lowest BCUT2D eigenvalue weighted by Gasteiger charge is -2.10. The summed E-state index contributed by atoms with van der Waals surface area (Å²) in [7, 11) is 0. The van der Waals surface area contributed by atoms with Crippen molar-refractivity contribution in [3.63, 3.8) is 0 Å². The molecule has 4 nitrogen and oxygen atoms in total. The van der Waals surface area contributed by atoms with Gasteiger partial charge in [-0.25, -0.2) is 0 Å². The van der Waals surface area contributed by atoms with Gasteiger partial charge >= 0.3 is 5.97 Å². The summed E-state index contributed by atoms with van der Waals surface area (Å²) in [6.07, 6.45) is 0. The smallest absolute Gasteiger partial charge is 0.324 e. The summed E-state index contributed by atoms with van der Waals surface area (Å²) in [6.45, 7) is -0.157. The molecule has 1 unspecified atom stereocenters. The molecule has 82 valence electrons. The van der Waals surface area contributed by atoms with Crippen molar-refractivity contribution in [3.8, 4) is 5.75 Å². The van der Waals surface area contributed by atoms with Gasteiger partial charge in [0.05, 0.1) is 5.02 Å². The van der Waals surface area contributed by atoms with Crippen LogP contribution in [-0.4, -0.2) is 23.7 Å². The fourth-order valence-electron chi connectivity index (χ4n) is 0.839. The van der Waals surface area contributed by atoms with Gasteiger partial charge in [0.1, 0.15) is 18.4 Å². The summed E-state index contributed by atoms with van der Waals surface area (Å²) >= 11 is 11.5. The Kier molecular flexibility index (Phi) is 4.20. The Labute approximate surface area is 96.5 Å². The highest BCUT2D eigenvalue weighted by Gasteiger charge is 2.13. The molecule has 0 fully saturated rings. The van der Waals surface area contributed by atoms with Crippen LogP contribution in [0.4, 0.5) is 0 Å². The number of benzene rings is 1. The molecule has 3 N–H and O–H groups in total. The zero-order valence-electron chi connectivity index (χ0n) is 7.61. The zero-order chi connectivity index (χ0) is 11.4. The van der Waals surface area contributed by atoms with Crippen LogP contribution in [0, 0.1) is 0 Å². The number of ether oxygens (including phenoxy) is 1. The SMILES string of the molecule is NC(COc1cc(Cl)ccc1Cl)C(=O)O. The van der Waals surface area contributed by atoms with Crippen LogP contribution >= 0.6 is 23.2 Å². The summed E-state index contributed by atoms with van der Waals surface area (Å²) < 4.78 is 5.12. The second kappa shape index (κ2) is 5.21. The van der Waals surface area contributed by atoms with Gasteiger partial charge in [0.2, 0.25) is 0 Å². The average Bonchev–Trinajstić information content (AvgIpc) is 2.18. The minimum atomic E-state index is -1.13. The summed E-state index contributed by atoms with van der Waals surface area (Å²) in [4.78, 5) is 10.4. The monoisotopic (exact) mass is 249 g/mol. The van der Waals surface area contributed by atoms with E-state index in [-0.39, 0.29) is 6.61 Å². The lowest BCUT2D eigenvalue weighted by Crippen LogP contribution is -2.36. The van der Waals surface area contributed by atoms with Gasteiger partial charge in [-0.2, -0.15) is 0 Å². The normalized spacial score (nSPS) is 12.2. The number of carboxylic acid groups (broad SMARTS) is 1. The molecule has 0 bridgehead atoms. The van der Waals surface area contributed by atoms with Crippen molar-refractivity contribution in [2.75, 3.05) is 6.61 Å². The van der Waals surface area contributed by atoms with Crippen LogP contribution in [0.25, 0.3) is 0 Å². The van der Waals surface area contributed by atoms with Crippen molar-refractivity contribution in [2.24, 2.45) is 5.73 Å². The van der Waals surface area contributed by atoms with Crippen LogP contribution in [0.3, 0.4) is 0 Å². The summed E-state index contributed by atoms with van der Waals surface area (Å²) in [5, 5.41) is 9.33. The predicted octanol–water partition coefficient (Wildman–Crippen LogP) is 1.78. The third-order valence-corrected chi connectivity index (χ3v) is 2.18. The van der Waals surface area contributed by atoms with E-state index in [9.17, 15) is 4.79 Å². The van der Waals surface area contributed by atoms with Crippen molar-refractivity contribution in [2.45, 2.75) is 6.04 Å². The second-order valence-electron chi connectivity index (χ2n) is 2.83. The Morgan fingerprint density at radius 3 is 2.80 bits per heavy atom. The fourth-order valence-corrected chi connectivity index (χ4v) is 1.17. The number of hydrogen-bond donors (Lipinski definition) is 2. The van der Waals surface area contributed by atoms with Crippen LogP contribution in [0.5, 0.6) is 5.75 Å². The standard InChI is InChI=1S/C9H9Cl2NO3/c10-5-1-2-6(11)8(3-5)15-4-7(12)9(13)14/h1-3,7H,4,12H2,(H,13,14). The number of aliphatic carboxylic acids is 1. The molecule has 15 heavy (non-hydrogen) atoms. The molecule has 0 radical (unpaired) electrons. The van der Waals surface area contributed by atoms with Crippen molar-refractivity contribution >= 4 is 29.2 Å². The first-order chi connectivity index (χ1) is 7.00. The molecule has 0 aliphatic carbocycles. The average molecular weight is 250 g/mol. The highest BCUT2D eigenvalue weighted by Crippen LogP contribution is 2.27.